The lowest BCUT2D eigenvalue weighted by Crippen LogP contribution is -1.96. The Morgan fingerprint density at radius 1 is 1.41 bits per heavy atom. The summed E-state index contributed by atoms with van der Waals surface area (Å²) in [5.74, 6) is -1.01. The molecule has 0 radical (unpaired) electrons. The van der Waals surface area contributed by atoms with Crippen LogP contribution in [0.25, 0.3) is 10.6 Å². The van der Waals surface area contributed by atoms with Crippen molar-refractivity contribution in [1.29, 1.82) is 0 Å². The third-order valence-electron chi connectivity index (χ3n) is 2.68. The molecule has 3 N–H and O–H groups in total. The number of carboxylic acids is 1. The van der Waals surface area contributed by atoms with Gasteiger partial charge in [0.2, 0.25) is 0 Å². The molecule has 1 aromatic carbocycles. The summed E-state index contributed by atoms with van der Waals surface area (Å²) in [5, 5.41) is 11.0. The number of carbonyl (C=O) groups is 1. The van der Waals surface area contributed by atoms with Crippen molar-refractivity contribution in [3.8, 4) is 10.6 Å². The van der Waals surface area contributed by atoms with Crippen molar-refractivity contribution >= 4 is 23.0 Å². The van der Waals surface area contributed by atoms with E-state index in [1.165, 1.54) is 16.7 Å². The van der Waals surface area contributed by atoms with Gasteiger partial charge in [0.15, 0.2) is 5.69 Å². The first kappa shape index (κ1) is 11.6. The topological polar surface area (TPSA) is 76.2 Å². The van der Waals surface area contributed by atoms with E-state index in [0.29, 0.717) is 10.7 Å². The quantitative estimate of drug-likeness (QED) is 0.801. The molecule has 0 fully saturated rings. The molecule has 5 heteroatoms. The number of benzene rings is 1. The van der Waals surface area contributed by atoms with Crippen LogP contribution in [0.15, 0.2) is 17.5 Å². The number of rotatable bonds is 2. The van der Waals surface area contributed by atoms with Crippen LogP contribution in [0.5, 0.6) is 0 Å². The van der Waals surface area contributed by atoms with Gasteiger partial charge in [0.1, 0.15) is 5.01 Å². The molecule has 0 spiro atoms. The molecule has 0 saturated carbocycles. The second-order valence-electron chi connectivity index (χ2n) is 3.85. The van der Waals surface area contributed by atoms with Crippen LogP contribution in [0.3, 0.4) is 0 Å². The molecule has 4 nitrogen and oxygen atoms in total. The summed E-state index contributed by atoms with van der Waals surface area (Å²) in [6, 6.07) is 3.79. The summed E-state index contributed by atoms with van der Waals surface area (Å²) in [4.78, 5) is 14.8. The third kappa shape index (κ3) is 2.14. The maximum Gasteiger partial charge on any atom is 0.355 e. The number of hydrogen-bond donors (Lipinski definition) is 2. The average molecular weight is 248 g/mol. The lowest BCUT2D eigenvalue weighted by Gasteiger charge is -2.06. The smallest absolute Gasteiger partial charge is 0.355 e. The molecule has 1 heterocycles. The van der Waals surface area contributed by atoms with Gasteiger partial charge in [-0.15, -0.1) is 11.3 Å². The monoisotopic (exact) mass is 248 g/mol. The second kappa shape index (κ2) is 4.18. The number of thiazole rings is 1. The highest BCUT2D eigenvalue weighted by molar-refractivity contribution is 7.13. The van der Waals surface area contributed by atoms with Gasteiger partial charge in [-0.2, -0.15) is 0 Å². The molecule has 0 saturated heterocycles. The molecule has 1 aromatic heterocycles. The molecule has 0 atom stereocenters. The Morgan fingerprint density at radius 3 is 2.65 bits per heavy atom. The van der Waals surface area contributed by atoms with Gasteiger partial charge in [-0.25, -0.2) is 9.78 Å². The number of nitrogens with zero attached hydrogens (tertiary/aromatic N) is 1. The Hall–Kier alpha value is -1.88. The van der Waals surface area contributed by atoms with E-state index < -0.39 is 5.97 Å². The number of hydrogen-bond acceptors (Lipinski definition) is 4. The van der Waals surface area contributed by atoms with Gasteiger partial charge in [0, 0.05) is 16.6 Å². The SMILES string of the molecule is Cc1cc(-c2nc(C(=O)O)cs2)cc(N)c1C. The fraction of sp³-hybridized carbons (Fsp3) is 0.167. The van der Waals surface area contributed by atoms with Crippen LogP contribution in [0, 0.1) is 13.8 Å². The van der Waals surface area contributed by atoms with Crippen molar-refractivity contribution in [3.63, 3.8) is 0 Å². The van der Waals surface area contributed by atoms with Crippen LogP contribution in [0.2, 0.25) is 0 Å². The van der Waals surface area contributed by atoms with Crippen LogP contribution >= 0.6 is 11.3 Å². The Labute approximate surface area is 103 Å². The fourth-order valence-electron chi connectivity index (χ4n) is 1.51. The van der Waals surface area contributed by atoms with E-state index >= 15 is 0 Å². The molecule has 0 bridgehead atoms. The Bertz CT molecular complexity index is 567. The normalized spacial score (nSPS) is 10.5. The zero-order chi connectivity index (χ0) is 12.6. The lowest BCUT2D eigenvalue weighted by molar-refractivity contribution is 0.0691. The summed E-state index contributed by atoms with van der Waals surface area (Å²) in [6.45, 7) is 3.93. The Kier molecular flexibility index (Phi) is 2.85. The van der Waals surface area contributed by atoms with Crippen molar-refractivity contribution in [2.75, 3.05) is 5.73 Å². The summed E-state index contributed by atoms with van der Waals surface area (Å²) >= 11 is 1.31. The van der Waals surface area contributed by atoms with E-state index in [-0.39, 0.29) is 5.69 Å². The van der Waals surface area contributed by atoms with Crippen LogP contribution in [-0.2, 0) is 0 Å². The molecule has 88 valence electrons. The minimum atomic E-state index is -1.01. The molecule has 0 amide bonds. The van der Waals surface area contributed by atoms with Gasteiger partial charge in [-0.1, -0.05) is 0 Å². The molecule has 17 heavy (non-hydrogen) atoms. The first-order valence-corrected chi connectivity index (χ1v) is 5.93. The maximum absolute atomic E-state index is 10.8. The molecule has 0 aliphatic carbocycles. The predicted octanol–water partition coefficient (Wildman–Crippen LogP) is 2.71. The summed E-state index contributed by atoms with van der Waals surface area (Å²) in [6.07, 6.45) is 0. The molecule has 2 aromatic rings. The number of nitrogen functional groups attached to an aromatic ring is 1. The number of carboxylic acid groups (broad SMARTS) is 1. The highest BCUT2D eigenvalue weighted by Crippen LogP contribution is 2.28. The number of aromatic carboxylic acids is 1. The molecule has 2 rings (SSSR count). The standard InChI is InChI=1S/C12H12N2O2S/c1-6-3-8(4-9(13)7(6)2)11-14-10(5-17-11)12(15)16/h3-5H,13H2,1-2H3,(H,15,16). The molecular formula is C12H12N2O2S. The number of nitrogens with two attached hydrogens (primary N) is 1. The summed E-state index contributed by atoms with van der Waals surface area (Å²) < 4.78 is 0. The fourth-order valence-corrected chi connectivity index (χ4v) is 2.30. The average Bonchev–Trinajstić information content (AvgIpc) is 2.74. The Morgan fingerprint density at radius 2 is 2.12 bits per heavy atom. The summed E-state index contributed by atoms with van der Waals surface area (Å²) in [7, 11) is 0. The largest absolute Gasteiger partial charge is 0.476 e. The van der Waals surface area contributed by atoms with Crippen molar-refractivity contribution in [2.45, 2.75) is 13.8 Å². The Balaban J connectivity index is 2.49. The first-order valence-electron chi connectivity index (χ1n) is 5.05. The maximum atomic E-state index is 10.8. The highest BCUT2D eigenvalue weighted by Gasteiger charge is 2.11. The van der Waals surface area contributed by atoms with E-state index in [0.717, 1.165) is 16.7 Å². The van der Waals surface area contributed by atoms with Gasteiger partial charge in [-0.05, 0) is 37.1 Å². The minimum absolute atomic E-state index is 0.0711. The van der Waals surface area contributed by atoms with E-state index in [9.17, 15) is 4.79 Å². The van der Waals surface area contributed by atoms with Crippen LogP contribution in [-0.4, -0.2) is 16.1 Å². The van der Waals surface area contributed by atoms with Gasteiger partial charge < -0.3 is 10.8 Å². The van der Waals surface area contributed by atoms with Gasteiger partial charge in [0.25, 0.3) is 0 Å². The number of aryl methyl sites for hydroxylation is 1. The molecule has 0 aliphatic rings. The van der Waals surface area contributed by atoms with Gasteiger partial charge >= 0.3 is 5.97 Å². The summed E-state index contributed by atoms with van der Waals surface area (Å²) in [5.41, 5.74) is 9.64. The second-order valence-corrected chi connectivity index (χ2v) is 4.71. The van der Waals surface area contributed by atoms with Crippen LogP contribution < -0.4 is 5.73 Å². The highest BCUT2D eigenvalue weighted by atomic mass is 32.1. The molecular weight excluding hydrogens is 236 g/mol. The molecule has 0 aliphatic heterocycles. The molecule has 0 unspecified atom stereocenters. The van der Waals surface area contributed by atoms with Gasteiger partial charge in [0.05, 0.1) is 0 Å². The van der Waals surface area contributed by atoms with Crippen LogP contribution in [0.4, 0.5) is 5.69 Å². The zero-order valence-corrected chi connectivity index (χ0v) is 10.3. The van der Waals surface area contributed by atoms with Crippen molar-refractivity contribution < 1.29 is 9.90 Å². The van der Waals surface area contributed by atoms with Gasteiger partial charge in [-0.3, -0.25) is 0 Å². The van der Waals surface area contributed by atoms with Crippen LogP contribution in [0.1, 0.15) is 21.6 Å². The predicted molar refractivity (Wildman–Crippen MR) is 68.4 cm³/mol. The number of anilines is 1. The van der Waals surface area contributed by atoms with E-state index in [2.05, 4.69) is 4.98 Å². The van der Waals surface area contributed by atoms with Crippen molar-refractivity contribution in [1.82, 2.24) is 4.98 Å². The van der Waals surface area contributed by atoms with Crippen molar-refractivity contribution in [3.05, 3.63) is 34.3 Å². The lowest BCUT2D eigenvalue weighted by atomic mass is 10.0. The first-order chi connectivity index (χ1) is 7.99. The zero-order valence-electron chi connectivity index (χ0n) is 9.52. The number of aromatic nitrogens is 1. The minimum Gasteiger partial charge on any atom is -0.476 e. The third-order valence-corrected chi connectivity index (χ3v) is 3.57. The van der Waals surface area contributed by atoms with E-state index in [4.69, 9.17) is 10.8 Å². The van der Waals surface area contributed by atoms with E-state index in [1.807, 2.05) is 26.0 Å². The van der Waals surface area contributed by atoms with E-state index in [1.54, 1.807) is 0 Å². The van der Waals surface area contributed by atoms with Crippen molar-refractivity contribution in [2.24, 2.45) is 0 Å².